The Morgan fingerprint density at radius 2 is 2.11 bits per heavy atom. The van der Waals surface area contributed by atoms with Gasteiger partial charge in [0.1, 0.15) is 12.6 Å². The molecule has 7 nitrogen and oxygen atoms in total. The van der Waals surface area contributed by atoms with E-state index in [2.05, 4.69) is 0 Å². The SMILES string of the molecule is CC(C)CN(CC(N)=O)C(=O)N1CSC[C@H]1C(=O)O. The largest absolute Gasteiger partial charge is 0.480 e. The second kappa shape index (κ2) is 6.65. The number of carboxylic acids is 1. The van der Waals surface area contributed by atoms with Gasteiger partial charge in [0, 0.05) is 12.3 Å². The number of aliphatic carboxylic acids is 1. The number of amides is 3. The average Bonchev–Trinajstić information content (AvgIpc) is 2.74. The van der Waals surface area contributed by atoms with Crippen LogP contribution in [0.4, 0.5) is 4.79 Å². The lowest BCUT2D eigenvalue weighted by atomic mass is 10.2. The number of rotatable bonds is 5. The summed E-state index contributed by atoms with van der Waals surface area (Å²) in [5.74, 6) is -0.771. The molecule has 0 aromatic rings. The van der Waals surface area contributed by atoms with Crippen LogP contribution in [0.1, 0.15) is 13.8 Å². The molecule has 1 rings (SSSR count). The van der Waals surface area contributed by atoms with Gasteiger partial charge in [0.2, 0.25) is 5.91 Å². The molecule has 0 saturated carbocycles. The molecule has 108 valence electrons. The van der Waals surface area contributed by atoms with E-state index >= 15 is 0 Å². The zero-order valence-electron chi connectivity index (χ0n) is 11.0. The van der Waals surface area contributed by atoms with Crippen molar-refractivity contribution in [1.82, 2.24) is 9.80 Å². The predicted molar refractivity (Wildman–Crippen MR) is 71.6 cm³/mol. The molecule has 1 heterocycles. The molecule has 0 bridgehead atoms. The molecular formula is C11H19N3O4S. The van der Waals surface area contributed by atoms with Crippen molar-refractivity contribution in [1.29, 1.82) is 0 Å². The van der Waals surface area contributed by atoms with Gasteiger partial charge < -0.3 is 20.6 Å². The third kappa shape index (κ3) is 4.30. The van der Waals surface area contributed by atoms with Crippen LogP contribution in [0.2, 0.25) is 0 Å². The number of nitrogens with zero attached hydrogens (tertiary/aromatic N) is 2. The second-order valence-corrected chi connectivity index (χ2v) is 5.85. The van der Waals surface area contributed by atoms with Crippen molar-refractivity contribution in [3.63, 3.8) is 0 Å². The minimum atomic E-state index is -1.03. The fourth-order valence-electron chi connectivity index (χ4n) is 1.86. The average molecular weight is 289 g/mol. The van der Waals surface area contributed by atoms with Gasteiger partial charge in [0.05, 0.1) is 5.88 Å². The van der Waals surface area contributed by atoms with E-state index in [1.54, 1.807) is 0 Å². The normalized spacial score (nSPS) is 18.7. The van der Waals surface area contributed by atoms with Crippen LogP contribution < -0.4 is 5.73 Å². The van der Waals surface area contributed by atoms with Crippen LogP contribution in [-0.4, -0.2) is 63.6 Å². The number of thioether (sulfide) groups is 1. The second-order valence-electron chi connectivity index (χ2n) is 4.85. The first kappa shape index (κ1) is 15.6. The van der Waals surface area contributed by atoms with Crippen molar-refractivity contribution in [3.05, 3.63) is 0 Å². The third-order valence-electron chi connectivity index (χ3n) is 2.62. The first-order valence-electron chi connectivity index (χ1n) is 5.97. The van der Waals surface area contributed by atoms with Crippen LogP contribution >= 0.6 is 11.8 Å². The summed E-state index contributed by atoms with van der Waals surface area (Å²) in [4.78, 5) is 37.0. The Labute approximate surface area is 116 Å². The summed E-state index contributed by atoms with van der Waals surface area (Å²) < 4.78 is 0. The molecule has 3 N–H and O–H groups in total. The summed E-state index contributed by atoms with van der Waals surface area (Å²) in [5.41, 5.74) is 5.13. The van der Waals surface area contributed by atoms with Gasteiger partial charge in [-0.25, -0.2) is 9.59 Å². The summed E-state index contributed by atoms with van der Waals surface area (Å²) in [6.45, 7) is 4.00. The van der Waals surface area contributed by atoms with Gasteiger partial charge >= 0.3 is 12.0 Å². The topological polar surface area (TPSA) is 104 Å². The molecule has 1 saturated heterocycles. The van der Waals surface area contributed by atoms with Crippen molar-refractivity contribution >= 4 is 29.7 Å². The Morgan fingerprint density at radius 3 is 2.58 bits per heavy atom. The number of nitrogens with two attached hydrogens (primary N) is 1. The van der Waals surface area contributed by atoms with Crippen LogP contribution in [0.3, 0.4) is 0 Å². The maximum atomic E-state index is 12.3. The Balaban J connectivity index is 2.79. The molecule has 0 unspecified atom stereocenters. The number of urea groups is 1. The summed E-state index contributed by atoms with van der Waals surface area (Å²) >= 11 is 1.38. The molecule has 0 aromatic heterocycles. The quantitative estimate of drug-likeness (QED) is 0.742. The zero-order valence-corrected chi connectivity index (χ0v) is 11.9. The van der Waals surface area contributed by atoms with Crippen LogP contribution in [0.25, 0.3) is 0 Å². The molecule has 0 aliphatic carbocycles. The Hall–Kier alpha value is -1.44. The van der Waals surface area contributed by atoms with E-state index < -0.39 is 23.9 Å². The number of hydrogen-bond donors (Lipinski definition) is 2. The van der Waals surface area contributed by atoms with Crippen molar-refractivity contribution in [3.8, 4) is 0 Å². The molecule has 3 amide bonds. The monoisotopic (exact) mass is 289 g/mol. The van der Waals surface area contributed by atoms with Gasteiger partial charge in [-0.05, 0) is 5.92 Å². The highest BCUT2D eigenvalue weighted by Crippen LogP contribution is 2.22. The van der Waals surface area contributed by atoms with Gasteiger partial charge in [-0.2, -0.15) is 0 Å². The number of carbonyl (C=O) groups is 3. The first-order chi connectivity index (χ1) is 8.82. The lowest BCUT2D eigenvalue weighted by molar-refractivity contribution is -0.140. The van der Waals surface area contributed by atoms with Gasteiger partial charge in [-0.3, -0.25) is 4.79 Å². The van der Waals surface area contributed by atoms with Crippen LogP contribution in [0.5, 0.6) is 0 Å². The van der Waals surface area contributed by atoms with E-state index in [0.29, 0.717) is 18.2 Å². The Kier molecular flexibility index (Phi) is 5.46. The van der Waals surface area contributed by atoms with E-state index in [-0.39, 0.29) is 12.5 Å². The standard InChI is InChI=1S/C11H19N3O4S/c1-7(2)3-13(4-9(12)15)11(18)14-6-19-5-8(14)10(16)17/h7-8H,3-6H2,1-2H3,(H2,12,15)(H,16,17)/t8-/m0/s1. The van der Waals surface area contributed by atoms with Crippen molar-refractivity contribution in [2.24, 2.45) is 11.7 Å². The highest BCUT2D eigenvalue weighted by Gasteiger charge is 2.37. The molecule has 1 fully saturated rings. The maximum absolute atomic E-state index is 12.3. The Bertz CT molecular complexity index is 375. The molecular weight excluding hydrogens is 270 g/mol. The van der Waals surface area contributed by atoms with Crippen molar-refractivity contribution in [2.45, 2.75) is 19.9 Å². The fraction of sp³-hybridized carbons (Fsp3) is 0.727. The van der Waals surface area contributed by atoms with Gasteiger partial charge in [-0.1, -0.05) is 13.8 Å². The van der Waals surface area contributed by atoms with E-state index in [1.165, 1.54) is 21.6 Å². The fourth-order valence-corrected chi connectivity index (χ4v) is 2.99. The minimum absolute atomic E-state index is 0.168. The van der Waals surface area contributed by atoms with E-state index in [4.69, 9.17) is 10.8 Å². The number of primary amides is 1. The van der Waals surface area contributed by atoms with E-state index in [1.807, 2.05) is 13.8 Å². The lowest BCUT2D eigenvalue weighted by Gasteiger charge is -2.30. The first-order valence-corrected chi connectivity index (χ1v) is 7.12. The highest BCUT2D eigenvalue weighted by molar-refractivity contribution is 7.99. The molecule has 1 aliphatic rings. The van der Waals surface area contributed by atoms with E-state index in [0.717, 1.165) is 0 Å². The smallest absolute Gasteiger partial charge is 0.327 e. The van der Waals surface area contributed by atoms with Crippen LogP contribution in [0, 0.1) is 5.92 Å². The van der Waals surface area contributed by atoms with Crippen LogP contribution in [-0.2, 0) is 9.59 Å². The molecule has 0 aromatic carbocycles. The van der Waals surface area contributed by atoms with Crippen molar-refractivity contribution < 1.29 is 19.5 Å². The Morgan fingerprint density at radius 1 is 1.47 bits per heavy atom. The predicted octanol–water partition coefficient (Wildman–Crippen LogP) is 0.00920. The molecule has 0 spiro atoms. The van der Waals surface area contributed by atoms with Gasteiger partial charge in [0.15, 0.2) is 0 Å². The maximum Gasteiger partial charge on any atom is 0.327 e. The molecule has 8 heteroatoms. The number of hydrogen-bond acceptors (Lipinski definition) is 4. The molecule has 1 aliphatic heterocycles. The summed E-state index contributed by atoms with van der Waals surface area (Å²) in [6, 6.07) is -1.27. The number of carbonyl (C=O) groups excluding carboxylic acids is 2. The summed E-state index contributed by atoms with van der Waals surface area (Å²) in [5, 5.41) is 9.06. The van der Waals surface area contributed by atoms with Gasteiger partial charge in [-0.15, -0.1) is 11.8 Å². The minimum Gasteiger partial charge on any atom is -0.480 e. The number of carboxylic acid groups (broad SMARTS) is 1. The third-order valence-corrected chi connectivity index (χ3v) is 3.63. The zero-order chi connectivity index (χ0) is 14.6. The van der Waals surface area contributed by atoms with Gasteiger partial charge in [0.25, 0.3) is 0 Å². The lowest BCUT2D eigenvalue weighted by Crippen LogP contribution is -2.51. The van der Waals surface area contributed by atoms with Crippen LogP contribution in [0.15, 0.2) is 0 Å². The summed E-state index contributed by atoms with van der Waals surface area (Å²) in [7, 11) is 0. The molecule has 1 atom stereocenters. The highest BCUT2D eigenvalue weighted by atomic mass is 32.2. The summed E-state index contributed by atoms with van der Waals surface area (Å²) in [6.07, 6.45) is 0. The molecule has 0 radical (unpaired) electrons. The van der Waals surface area contributed by atoms with Crippen molar-refractivity contribution in [2.75, 3.05) is 24.7 Å². The van der Waals surface area contributed by atoms with E-state index in [9.17, 15) is 14.4 Å². The molecule has 19 heavy (non-hydrogen) atoms.